The summed E-state index contributed by atoms with van der Waals surface area (Å²) in [5.74, 6) is 1.60. The predicted molar refractivity (Wildman–Crippen MR) is 87.2 cm³/mol. The van der Waals surface area contributed by atoms with Crippen molar-refractivity contribution in [2.45, 2.75) is 33.6 Å². The molecule has 7 nitrogen and oxygen atoms in total. The number of nitrogens with zero attached hydrogens (tertiary/aromatic N) is 5. The lowest BCUT2D eigenvalue weighted by atomic mass is 9.96. The Hall–Kier alpha value is -2.18. The summed E-state index contributed by atoms with van der Waals surface area (Å²) in [6, 6.07) is 0. The topological polar surface area (TPSA) is 75.4 Å². The number of fused-ring (bicyclic) bond motifs is 1. The van der Waals surface area contributed by atoms with Gasteiger partial charge in [-0.1, -0.05) is 0 Å². The van der Waals surface area contributed by atoms with Crippen LogP contribution in [0.5, 0.6) is 0 Å². The molecule has 7 heteroatoms. The normalized spacial score (nSPS) is 18.4. The third kappa shape index (κ3) is 3.00. The smallest absolute Gasteiger partial charge is 0.252 e. The van der Waals surface area contributed by atoms with Gasteiger partial charge in [-0.3, -0.25) is 4.79 Å². The van der Waals surface area contributed by atoms with E-state index in [2.05, 4.69) is 19.9 Å². The molecule has 1 fully saturated rings. The lowest BCUT2D eigenvalue weighted by molar-refractivity contribution is -0.135. The zero-order chi connectivity index (χ0) is 16.4. The van der Waals surface area contributed by atoms with Crippen LogP contribution in [0.15, 0.2) is 10.7 Å². The van der Waals surface area contributed by atoms with E-state index in [1.807, 2.05) is 18.7 Å². The molecule has 0 radical (unpaired) electrons. The highest BCUT2D eigenvalue weighted by molar-refractivity contribution is 5.83. The Kier molecular flexibility index (Phi) is 4.45. The van der Waals surface area contributed by atoms with E-state index >= 15 is 0 Å². The Morgan fingerprint density at radius 2 is 2.17 bits per heavy atom. The quantitative estimate of drug-likeness (QED) is 0.858. The number of carbonyl (C=O) groups is 1. The zero-order valence-corrected chi connectivity index (χ0v) is 13.9. The molecular weight excluding hydrogens is 294 g/mol. The molecule has 3 heterocycles. The molecule has 0 unspecified atom stereocenters. The fourth-order valence-electron chi connectivity index (χ4n) is 3.24. The number of aryl methyl sites for hydroxylation is 1. The maximum Gasteiger partial charge on any atom is 0.252 e. The van der Waals surface area contributed by atoms with E-state index in [0.717, 1.165) is 38.3 Å². The summed E-state index contributed by atoms with van der Waals surface area (Å²) in [7, 11) is 0. The van der Waals surface area contributed by atoms with Crippen molar-refractivity contribution in [2.24, 2.45) is 5.92 Å². The Balaban J connectivity index is 1.84. The Morgan fingerprint density at radius 3 is 2.91 bits per heavy atom. The van der Waals surface area contributed by atoms with Crippen LogP contribution in [0.2, 0.25) is 0 Å². The molecule has 0 N–H and O–H groups in total. The summed E-state index contributed by atoms with van der Waals surface area (Å²) in [6.07, 6.45) is 3.40. The van der Waals surface area contributed by atoms with E-state index in [0.29, 0.717) is 23.7 Å². The van der Waals surface area contributed by atoms with Crippen LogP contribution in [0.1, 0.15) is 32.6 Å². The van der Waals surface area contributed by atoms with Crippen molar-refractivity contribution in [3.8, 4) is 0 Å². The van der Waals surface area contributed by atoms with Crippen LogP contribution in [0.4, 0.5) is 5.82 Å². The molecule has 2 aromatic heterocycles. The fourth-order valence-corrected chi connectivity index (χ4v) is 3.24. The molecule has 0 aromatic carbocycles. The van der Waals surface area contributed by atoms with Gasteiger partial charge >= 0.3 is 0 Å². The van der Waals surface area contributed by atoms with Gasteiger partial charge in [0.15, 0.2) is 17.2 Å². The van der Waals surface area contributed by atoms with Crippen molar-refractivity contribution in [2.75, 3.05) is 31.1 Å². The van der Waals surface area contributed by atoms with Crippen molar-refractivity contribution in [3.63, 3.8) is 0 Å². The van der Waals surface area contributed by atoms with Crippen LogP contribution in [0.3, 0.4) is 0 Å². The summed E-state index contributed by atoms with van der Waals surface area (Å²) < 4.78 is 5.48. The molecule has 0 bridgehead atoms. The highest BCUT2D eigenvalue weighted by Gasteiger charge is 2.30. The fraction of sp³-hybridized carbons (Fsp3) is 0.625. The summed E-state index contributed by atoms with van der Waals surface area (Å²) in [4.78, 5) is 29.6. The number of amides is 1. The number of hydrogen-bond acceptors (Lipinski definition) is 6. The van der Waals surface area contributed by atoms with Gasteiger partial charge in [-0.05, 0) is 26.7 Å². The van der Waals surface area contributed by atoms with Crippen molar-refractivity contribution in [3.05, 3.63) is 12.2 Å². The SMILES string of the molecule is CCN(CC)C(=O)[C@@H]1CCCN(c2ncnc3oc(C)nc23)C1. The van der Waals surface area contributed by atoms with Gasteiger partial charge in [0.2, 0.25) is 5.91 Å². The highest BCUT2D eigenvalue weighted by Crippen LogP contribution is 2.28. The third-order valence-corrected chi connectivity index (χ3v) is 4.43. The minimum absolute atomic E-state index is 0.0154. The van der Waals surface area contributed by atoms with Crippen molar-refractivity contribution >= 4 is 23.0 Å². The molecule has 0 saturated carbocycles. The molecule has 23 heavy (non-hydrogen) atoms. The molecule has 1 aliphatic rings. The number of piperidine rings is 1. The van der Waals surface area contributed by atoms with E-state index in [1.165, 1.54) is 6.33 Å². The molecular formula is C16H23N5O2. The van der Waals surface area contributed by atoms with Crippen LogP contribution >= 0.6 is 0 Å². The second-order valence-electron chi connectivity index (χ2n) is 5.88. The summed E-state index contributed by atoms with van der Waals surface area (Å²) in [5, 5.41) is 0. The molecule has 3 rings (SSSR count). The minimum atomic E-state index is 0.0154. The standard InChI is InChI=1S/C16H23N5O2/c1-4-20(5-2)16(22)12-7-6-8-21(9-12)14-13-15(18-10-17-14)23-11(3)19-13/h10,12H,4-9H2,1-3H3/t12-/m1/s1. The minimum Gasteiger partial charge on any atom is -0.422 e. The molecule has 1 saturated heterocycles. The highest BCUT2D eigenvalue weighted by atomic mass is 16.4. The second-order valence-corrected chi connectivity index (χ2v) is 5.88. The van der Waals surface area contributed by atoms with Crippen LogP contribution in [0, 0.1) is 12.8 Å². The van der Waals surface area contributed by atoms with Crippen LogP contribution in [0.25, 0.3) is 11.2 Å². The van der Waals surface area contributed by atoms with E-state index in [4.69, 9.17) is 4.42 Å². The Morgan fingerprint density at radius 1 is 1.39 bits per heavy atom. The number of rotatable bonds is 4. The predicted octanol–water partition coefficient (Wildman–Crippen LogP) is 2.01. The number of aromatic nitrogens is 3. The van der Waals surface area contributed by atoms with Gasteiger partial charge in [-0.25, -0.2) is 9.97 Å². The van der Waals surface area contributed by atoms with Crippen LogP contribution in [-0.4, -0.2) is 51.9 Å². The van der Waals surface area contributed by atoms with Gasteiger partial charge in [0.05, 0.1) is 5.92 Å². The lowest BCUT2D eigenvalue weighted by Gasteiger charge is -2.35. The lowest BCUT2D eigenvalue weighted by Crippen LogP contribution is -2.45. The van der Waals surface area contributed by atoms with Gasteiger partial charge < -0.3 is 14.2 Å². The van der Waals surface area contributed by atoms with Crippen LogP contribution in [-0.2, 0) is 4.79 Å². The van der Waals surface area contributed by atoms with Crippen molar-refractivity contribution in [1.29, 1.82) is 0 Å². The molecule has 1 atom stereocenters. The van der Waals surface area contributed by atoms with Crippen molar-refractivity contribution < 1.29 is 9.21 Å². The second kappa shape index (κ2) is 6.52. The van der Waals surface area contributed by atoms with Gasteiger partial charge in [-0.2, -0.15) is 4.98 Å². The zero-order valence-electron chi connectivity index (χ0n) is 13.9. The molecule has 2 aromatic rings. The molecule has 0 aliphatic carbocycles. The monoisotopic (exact) mass is 317 g/mol. The first-order valence-electron chi connectivity index (χ1n) is 8.25. The summed E-state index contributed by atoms with van der Waals surface area (Å²) in [5.41, 5.74) is 1.19. The van der Waals surface area contributed by atoms with E-state index in [9.17, 15) is 4.79 Å². The van der Waals surface area contributed by atoms with Gasteiger partial charge in [0.1, 0.15) is 6.33 Å². The van der Waals surface area contributed by atoms with E-state index in [1.54, 1.807) is 6.92 Å². The number of carbonyl (C=O) groups excluding carboxylic acids is 1. The van der Waals surface area contributed by atoms with E-state index < -0.39 is 0 Å². The Labute approximate surface area is 135 Å². The van der Waals surface area contributed by atoms with Gasteiger partial charge in [0, 0.05) is 33.1 Å². The first-order chi connectivity index (χ1) is 11.1. The number of hydrogen-bond donors (Lipinski definition) is 0. The average molecular weight is 317 g/mol. The van der Waals surface area contributed by atoms with Gasteiger partial charge in [0.25, 0.3) is 5.71 Å². The maximum absolute atomic E-state index is 12.6. The third-order valence-electron chi connectivity index (χ3n) is 4.43. The molecule has 1 aliphatic heterocycles. The number of oxazole rings is 1. The maximum atomic E-state index is 12.6. The van der Waals surface area contributed by atoms with Gasteiger partial charge in [-0.15, -0.1) is 0 Å². The van der Waals surface area contributed by atoms with Crippen LogP contribution < -0.4 is 4.90 Å². The molecule has 0 spiro atoms. The summed E-state index contributed by atoms with van der Waals surface area (Å²) >= 11 is 0. The average Bonchev–Trinajstić information content (AvgIpc) is 2.96. The largest absolute Gasteiger partial charge is 0.422 e. The first kappa shape index (κ1) is 15.7. The molecule has 124 valence electrons. The van der Waals surface area contributed by atoms with E-state index in [-0.39, 0.29) is 11.8 Å². The van der Waals surface area contributed by atoms with Crippen molar-refractivity contribution in [1.82, 2.24) is 19.9 Å². The first-order valence-corrected chi connectivity index (χ1v) is 8.25. The number of anilines is 1. The summed E-state index contributed by atoms with van der Waals surface area (Å²) in [6.45, 7) is 8.90. The molecule has 1 amide bonds. The Bertz CT molecular complexity index is 695.